The summed E-state index contributed by atoms with van der Waals surface area (Å²) in [6, 6.07) is 17.3. The first kappa shape index (κ1) is 20.8. The minimum atomic E-state index is -0.210. The number of benzene rings is 2. The molecule has 1 N–H and O–H groups in total. The van der Waals surface area contributed by atoms with Crippen LogP contribution in [0.2, 0.25) is 5.02 Å². The van der Waals surface area contributed by atoms with Crippen LogP contribution in [0.25, 0.3) is 17.5 Å². The van der Waals surface area contributed by atoms with Crippen molar-refractivity contribution in [3.05, 3.63) is 71.3 Å². The number of nitrogens with zero attached hydrogens (tertiary/aromatic N) is 4. The fraction of sp³-hybridized carbons (Fsp3) is 0.143. The standard InChI is InChI=1S/C21H20ClN5OS/c1-2-27-20(17-10-12-18(22)13-11-17)25-26-21(27)29-15-19(28)24-23-14-6-9-16-7-4-3-5-8-16/h3-14H,2,15H2,1H3,(H,24,28). The van der Waals surface area contributed by atoms with Crippen LogP contribution in [0.5, 0.6) is 0 Å². The van der Waals surface area contributed by atoms with E-state index < -0.39 is 0 Å². The fourth-order valence-corrected chi connectivity index (χ4v) is 3.45. The molecule has 3 rings (SSSR count). The van der Waals surface area contributed by atoms with E-state index in [1.165, 1.54) is 11.8 Å². The number of carbonyl (C=O) groups is 1. The highest BCUT2D eigenvalue weighted by molar-refractivity contribution is 7.99. The lowest BCUT2D eigenvalue weighted by molar-refractivity contribution is -0.118. The van der Waals surface area contributed by atoms with Gasteiger partial charge in [0, 0.05) is 23.3 Å². The average molecular weight is 426 g/mol. The highest BCUT2D eigenvalue weighted by Gasteiger charge is 2.14. The van der Waals surface area contributed by atoms with Crippen LogP contribution in [0, 0.1) is 0 Å². The van der Waals surface area contributed by atoms with E-state index in [1.54, 1.807) is 12.3 Å². The summed E-state index contributed by atoms with van der Waals surface area (Å²) in [5, 5.41) is 13.7. The third kappa shape index (κ3) is 6.04. The Labute approximate surface area is 178 Å². The van der Waals surface area contributed by atoms with E-state index in [4.69, 9.17) is 11.6 Å². The Hall–Kier alpha value is -2.90. The Balaban J connectivity index is 1.53. The molecule has 0 bridgehead atoms. The molecule has 3 aromatic rings. The van der Waals surface area contributed by atoms with E-state index in [9.17, 15) is 4.79 Å². The normalized spacial score (nSPS) is 11.4. The van der Waals surface area contributed by atoms with Crippen molar-refractivity contribution in [3.8, 4) is 11.4 Å². The molecule has 0 radical (unpaired) electrons. The Bertz CT molecular complexity index is 1000. The van der Waals surface area contributed by atoms with E-state index >= 15 is 0 Å². The molecule has 6 nitrogen and oxygen atoms in total. The number of hydrazone groups is 1. The number of hydrogen-bond donors (Lipinski definition) is 1. The van der Waals surface area contributed by atoms with Gasteiger partial charge in [0.25, 0.3) is 5.91 Å². The number of nitrogens with one attached hydrogen (secondary N) is 1. The minimum Gasteiger partial charge on any atom is -0.302 e. The van der Waals surface area contributed by atoms with Gasteiger partial charge in [-0.25, -0.2) is 5.43 Å². The quantitative estimate of drug-likeness (QED) is 0.327. The maximum Gasteiger partial charge on any atom is 0.250 e. The zero-order valence-corrected chi connectivity index (χ0v) is 17.4. The van der Waals surface area contributed by atoms with Gasteiger partial charge in [0.1, 0.15) is 0 Å². The monoisotopic (exact) mass is 425 g/mol. The van der Waals surface area contributed by atoms with Gasteiger partial charge in [-0.2, -0.15) is 5.10 Å². The SMILES string of the molecule is CCn1c(SCC(=O)NN=CC=Cc2ccccc2)nnc1-c1ccc(Cl)cc1. The molecule has 148 valence electrons. The number of amides is 1. The molecule has 0 aliphatic rings. The van der Waals surface area contributed by atoms with Gasteiger partial charge < -0.3 is 4.57 Å². The molecule has 2 aromatic carbocycles. The van der Waals surface area contributed by atoms with Crippen molar-refractivity contribution in [2.45, 2.75) is 18.6 Å². The topological polar surface area (TPSA) is 72.2 Å². The van der Waals surface area contributed by atoms with Crippen LogP contribution in [0.15, 0.2) is 70.9 Å². The van der Waals surface area contributed by atoms with E-state index in [0.717, 1.165) is 17.0 Å². The van der Waals surface area contributed by atoms with Crippen molar-refractivity contribution < 1.29 is 4.79 Å². The maximum atomic E-state index is 12.0. The molecule has 0 aliphatic carbocycles. The zero-order valence-electron chi connectivity index (χ0n) is 15.8. The number of hydrogen-bond acceptors (Lipinski definition) is 5. The summed E-state index contributed by atoms with van der Waals surface area (Å²) in [5.74, 6) is 0.729. The lowest BCUT2D eigenvalue weighted by Crippen LogP contribution is -2.19. The smallest absolute Gasteiger partial charge is 0.250 e. The summed E-state index contributed by atoms with van der Waals surface area (Å²) < 4.78 is 1.97. The fourth-order valence-electron chi connectivity index (χ4n) is 2.53. The van der Waals surface area contributed by atoms with Crippen molar-refractivity contribution in [2.75, 3.05) is 5.75 Å². The summed E-state index contributed by atoms with van der Waals surface area (Å²) in [6.45, 7) is 2.70. The van der Waals surface area contributed by atoms with Crippen molar-refractivity contribution in [3.63, 3.8) is 0 Å². The summed E-state index contributed by atoms with van der Waals surface area (Å²) in [5.41, 5.74) is 4.50. The Kier molecular flexibility index (Phi) is 7.61. The van der Waals surface area contributed by atoms with Gasteiger partial charge in [0.15, 0.2) is 11.0 Å². The van der Waals surface area contributed by atoms with Crippen molar-refractivity contribution >= 4 is 41.6 Å². The maximum absolute atomic E-state index is 12.0. The molecule has 1 heterocycles. The Morgan fingerprint density at radius 3 is 2.66 bits per heavy atom. The summed E-state index contributed by atoms with van der Waals surface area (Å²) >= 11 is 7.27. The molecule has 0 saturated heterocycles. The van der Waals surface area contributed by atoms with Crippen LogP contribution in [-0.2, 0) is 11.3 Å². The van der Waals surface area contributed by atoms with Gasteiger partial charge in [-0.3, -0.25) is 4.79 Å². The molecule has 8 heteroatoms. The summed E-state index contributed by atoms with van der Waals surface area (Å²) in [7, 11) is 0. The number of halogens is 1. The number of allylic oxidation sites excluding steroid dienone is 1. The van der Waals surface area contributed by atoms with Gasteiger partial charge in [0.05, 0.1) is 5.75 Å². The molecule has 0 unspecified atom stereocenters. The van der Waals surface area contributed by atoms with Crippen molar-refractivity contribution in [2.24, 2.45) is 5.10 Å². The molecule has 0 spiro atoms. The van der Waals surface area contributed by atoms with Gasteiger partial charge >= 0.3 is 0 Å². The largest absolute Gasteiger partial charge is 0.302 e. The molecule has 1 aromatic heterocycles. The van der Waals surface area contributed by atoms with Crippen LogP contribution in [0.1, 0.15) is 12.5 Å². The number of aromatic nitrogens is 3. The third-order valence-corrected chi connectivity index (χ3v) is 5.12. The first-order valence-corrected chi connectivity index (χ1v) is 10.4. The third-order valence-electron chi connectivity index (χ3n) is 3.91. The van der Waals surface area contributed by atoms with Crippen LogP contribution in [-0.4, -0.2) is 32.6 Å². The molecule has 0 saturated carbocycles. The lowest BCUT2D eigenvalue weighted by atomic mass is 10.2. The zero-order chi connectivity index (χ0) is 20.5. The van der Waals surface area contributed by atoms with Crippen LogP contribution >= 0.6 is 23.4 Å². The Morgan fingerprint density at radius 2 is 1.93 bits per heavy atom. The second kappa shape index (κ2) is 10.6. The van der Waals surface area contributed by atoms with Crippen LogP contribution in [0.4, 0.5) is 0 Å². The number of thioether (sulfide) groups is 1. The van der Waals surface area contributed by atoms with Crippen LogP contribution < -0.4 is 5.43 Å². The molecule has 0 aliphatic heterocycles. The van der Waals surface area contributed by atoms with Crippen molar-refractivity contribution in [1.29, 1.82) is 0 Å². The highest BCUT2D eigenvalue weighted by Crippen LogP contribution is 2.24. The van der Waals surface area contributed by atoms with E-state index in [-0.39, 0.29) is 11.7 Å². The summed E-state index contributed by atoms with van der Waals surface area (Å²) in [6.07, 6.45) is 5.23. The number of carbonyl (C=O) groups excluding carboxylic acids is 1. The minimum absolute atomic E-state index is 0.193. The molecule has 1 amide bonds. The molecule has 29 heavy (non-hydrogen) atoms. The van der Waals surface area contributed by atoms with E-state index in [1.807, 2.05) is 72.2 Å². The average Bonchev–Trinajstić information content (AvgIpc) is 3.16. The second-order valence-electron chi connectivity index (χ2n) is 5.93. The highest BCUT2D eigenvalue weighted by atomic mass is 35.5. The molecular formula is C21H20ClN5OS. The lowest BCUT2D eigenvalue weighted by Gasteiger charge is -2.07. The molecule has 0 atom stereocenters. The molecule has 0 fully saturated rings. The van der Waals surface area contributed by atoms with Gasteiger partial charge in [-0.15, -0.1) is 10.2 Å². The van der Waals surface area contributed by atoms with Crippen LogP contribution in [0.3, 0.4) is 0 Å². The predicted octanol–water partition coefficient (Wildman–Crippen LogP) is 4.53. The number of rotatable bonds is 8. The van der Waals surface area contributed by atoms with E-state index in [0.29, 0.717) is 16.7 Å². The van der Waals surface area contributed by atoms with Gasteiger partial charge in [0.2, 0.25) is 0 Å². The van der Waals surface area contributed by atoms with Gasteiger partial charge in [-0.1, -0.05) is 59.8 Å². The Morgan fingerprint density at radius 1 is 1.17 bits per heavy atom. The first-order chi connectivity index (χ1) is 14.2. The second-order valence-corrected chi connectivity index (χ2v) is 7.31. The van der Waals surface area contributed by atoms with E-state index in [2.05, 4.69) is 20.7 Å². The summed E-state index contributed by atoms with van der Waals surface area (Å²) in [4.78, 5) is 12.0. The molecular weight excluding hydrogens is 406 g/mol. The van der Waals surface area contributed by atoms with Crippen molar-refractivity contribution in [1.82, 2.24) is 20.2 Å². The van der Waals surface area contributed by atoms with Gasteiger partial charge in [-0.05, 0) is 42.8 Å². The first-order valence-electron chi connectivity index (χ1n) is 9.03. The predicted molar refractivity (Wildman–Crippen MR) is 119 cm³/mol.